The molecule has 3 aromatic rings. The third-order valence-electron chi connectivity index (χ3n) is 5.09. The van der Waals surface area contributed by atoms with Crippen LogP contribution in [0, 0.1) is 12.8 Å². The molecule has 170 valence electrons. The van der Waals surface area contributed by atoms with Gasteiger partial charge in [-0.2, -0.15) is 0 Å². The molecule has 32 heavy (non-hydrogen) atoms. The van der Waals surface area contributed by atoms with Gasteiger partial charge in [-0.15, -0.1) is 0 Å². The normalized spacial score (nSPS) is 13.2. The molecule has 0 saturated carbocycles. The minimum absolute atomic E-state index is 0.0116. The summed E-state index contributed by atoms with van der Waals surface area (Å²) in [6.45, 7) is 6.10. The number of rotatable bonds is 9. The van der Waals surface area contributed by atoms with Crippen LogP contribution in [0.1, 0.15) is 35.7 Å². The molecular weight excluding hydrogens is 410 g/mol. The molecule has 0 bridgehead atoms. The Balaban J connectivity index is 1.81. The highest BCUT2D eigenvalue weighted by Crippen LogP contribution is 2.19. The van der Waals surface area contributed by atoms with Gasteiger partial charge in [0.05, 0.1) is 12.1 Å². The van der Waals surface area contributed by atoms with Crippen LogP contribution in [0.3, 0.4) is 0 Å². The number of amides is 2. The second-order valence-corrected chi connectivity index (χ2v) is 8.33. The zero-order chi connectivity index (χ0) is 23.3. The number of aliphatic hydroxyl groups is 1. The molecule has 1 aromatic heterocycles. The number of aryl methyl sites for hydroxylation is 1. The van der Waals surface area contributed by atoms with E-state index in [0.717, 1.165) is 5.56 Å². The van der Waals surface area contributed by atoms with Crippen molar-refractivity contribution < 1.29 is 24.2 Å². The van der Waals surface area contributed by atoms with Gasteiger partial charge >= 0.3 is 6.09 Å². The van der Waals surface area contributed by atoms with Gasteiger partial charge in [-0.3, -0.25) is 4.79 Å². The zero-order valence-corrected chi connectivity index (χ0v) is 18.5. The Hall–Kier alpha value is -3.39. The first kappa shape index (κ1) is 23.3. The van der Waals surface area contributed by atoms with Crippen molar-refractivity contribution in [1.29, 1.82) is 0 Å². The van der Waals surface area contributed by atoms with E-state index < -0.39 is 18.2 Å². The number of hydrogen-bond donors (Lipinski definition) is 3. The maximum absolute atomic E-state index is 13.3. The minimum Gasteiger partial charge on any atom is -0.465 e. The van der Waals surface area contributed by atoms with Gasteiger partial charge in [-0.05, 0) is 36.1 Å². The van der Waals surface area contributed by atoms with Crippen LogP contribution in [0.25, 0.3) is 11.1 Å². The first-order chi connectivity index (χ1) is 15.2. The summed E-state index contributed by atoms with van der Waals surface area (Å²) in [5.74, 6) is 0.410. The third kappa shape index (κ3) is 6.07. The summed E-state index contributed by atoms with van der Waals surface area (Å²) in [6.07, 6.45) is -2.01. The molecule has 0 aliphatic rings. The summed E-state index contributed by atoms with van der Waals surface area (Å²) in [5, 5.41) is 22.6. The van der Waals surface area contributed by atoms with E-state index >= 15 is 0 Å². The number of aromatic nitrogens is 1. The van der Waals surface area contributed by atoms with E-state index in [1.807, 2.05) is 44.2 Å². The number of carbonyl (C=O) groups excluding carboxylic acids is 1. The number of nitrogens with zero attached hydrogens (tertiary/aromatic N) is 2. The molecular formula is C24H29N3O5. The van der Waals surface area contributed by atoms with Gasteiger partial charge in [0.15, 0.2) is 11.5 Å². The number of aliphatic hydroxyl groups excluding tert-OH is 1. The second-order valence-electron chi connectivity index (χ2n) is 8.33. The van der Waals surface area contributed by atoms with Crippen LogP contribution in [-0.2, 0) is 6.42 Å². The van der Waals surface area contributed by atoms with Crippen molar-refractivity contribution in [3.05, 3.63) is 65.5 Å². The number of fused-ring (bicyclic) bond motifs is 1. The molecule has 3 N–H and O–H groups in total. The van der Waals surface area contributed by atoms with Crippen molar-refractivity contribution in [2.24, 2.45) is 5.92 Å². The first-order valence-electron chi connectivity index (χ1n) is 10.6. The van der Waals surface area contributed by atoms with Gasteiger partial charge in [0.25, 0.3) is 5.91 Å². The van der Waals surface area contributed by atoms with E-state index in [-0.39, 0.29) is 18.4 Å². The molecule has 0 unspecified atom stereocenters. The topological polar surface area (TPSA) is 116 Å². The summed E-state index contributed by atoms with van der Waals surface area (Å²) in [5.41, 5.74) is 2.50. The highest BCUT2D eigenvalue weighted by atomic mass is 16.4. The maximum atomic E-state index is 13.3. The number of oxazole rings is 1. The Morgan fingerprint density at radius 1 is 1.12 bits per heavy atom. The van der Waals surface area contributed by atoms with Crippen molar-refractivity contribution in [1.82, 2.24) is 15.2 Å². The molecule has 0 spiro atoms. The van der Waals surface area contributed by atoms with E-state index in [2.05, 4.69) is 10.3 Å². The number of nitrogens with one attached hydrogen (secondary N) is 1. The molecule has 3 rings (SSSR count). The SMILES string of the molecule is Cc1nc2ccc(C(=O)N(CC(C)C)C[C@@H](O)[C@H](Cc3ccccc3)NC(=O)O)cc2o1. The van der Waals surface area contributed by atoms with Gasteiger partial charge in [-0.1, -0.05) is 44.2 Å². The summed E-state index contributed by atoms with van der Waals surface area (Å²) >= 11 is 0. The lowest BCUT2D eigenvalue weighted by Crippen LogP contribution is -2.50. The predicted octanol–water partition coefficient (Wildman–Crippen LogP) is 3.47. The van der Waals surface area contributed by atoms with Crippen molar-refractivity contribution >= 4 is 23.1 Å². The third-order valence-corrected chi connectivity index (χ3v) is 5.09. The Morgan fingerprint density at radius 3 is 2.50 bits per heavy atom. The minimum atomic E-state index is -1.22. The zero-order valence-electron chi connectivity index (χ0n) is 18.5. The molecule has 0 radical (unpaired) electrons. The Morgan fingerprint density at radius 2 is 1.84 bits per heavy atom. The van der Waals surface area contributed by atoms with Crippen LogP contribution in [0.15, 0.2) is 52.9 Å². The number of hydrogen-bond acceptors (Lipinski definition) is 5. The second kappa shape index (κ2) is 10.3. The molecule has 0 aliphatic carbocycles. The van der Waals surface area contributed by atoms with Gasteiger partial charge in [0.1, 0.15) is 5.52 Å². The largest absolute Gasteiger partial charge is 0.465 e. The lowest BCUT2D eigenvalue weighted by molar-refractivity contribution is 0.0509. The standard InChI is InChI=1S/C24H29N3O5/c1-15(2)13-27(23(29)18-9-10-19-22(12-18)32-16(3)25-19)14-21(28)20(26-24(30)31)11-17-7-5-4-6-8-17/h4-10,12,15,20-21,26,28H,11,13-14H2,1-3H3,(H,30,31)/t20-,21+/m0/s1. The van der Waals surface area contributed by atoms with Crippen molar-refractivity contribution in [3.8, 4) is 0 Å². The van der Waals surface area contributed by atoms with Crippen LogP contribution < -0.4 is 5.32 Å². The first-order valence-corrected chi connectivity index (χ1v) is 10.6. The Labute approximate surface area is 186 Å². The summed E-state index contributed by atoms with van der Waals surface area (Å²) in [6, 6.07) is 13.6. The lowest BCUT2D eigenvalue weighted by atomic mass is 10.00. The summed E-state index contributed by atoms with van der Waals surface area (Å²) in [4.78, 5) is 30.4. The molecule has 2 atom stereocenters. The highest BCUT2D eigenvalue weighted by Gasteiger charge is 2.27. The average molecular weight is 440 g/mol. The van der Waals surface area contributed by atoms with Gasteiger partial charge in [0, 0.05) is 25.6 Å². The Bertz CT molecular complexity index is 1060. The van der Waals surface area contributed by atoms with E-state index in [9.17, 15) is 19.8 Å². The fourth-order valence-corrected chi connectivity index (χ4v) is 3.70. The van der Waals surface area contributed by atoms with Crippen LogP contribution >= 0.6 is 0 Å². The molecule has 0 saturated heterocycles. The number of carboxylic acid groups (broad SMARTS) is 1. The van der Waals surface area contributed by atoms with E-state index in [1.165, 1.54) is 0 Å². The fraction of sp³-hybridized carbons (Fsp3) is 0.375. The Kier molecular flexibility index (Phi) is 7.48. The molecule has 2 amide bonds. The molecule has 0 fully saturated rings. The fourth-order valence-electron chi connectivity index (χ4n) is 3.70. The van der Waals surface area contributed by atoms with Gasteiger partial charge < -0.3 is 24.8 Å². The monoisotopic (exact) mass is 439 g/mol. The molecule has 1 heterocycles. The van der Waals surface area contributed by atoms with Gasteiger partial charge in [-0.25, -0.2) is 9.78 Å². The smallest absolute Gasteiger partial charge is 0.404 e. The van der Waals surface area contributed by atoms with Crippen LogP contribution in [0.4, 0.5) is 4.79 Å². The summed E-state index contributed by atoms with van der Waals surface area (Å²) < 4.78 is 5.54. The number of benzene rings is 2. The van der Waals surface area contributed by atoms with E-state index in [0.29, 0.717) is 35.5 Å². The predicted molar refractivity (Wildman–Crippen MR) is 121 cm³/mol. The van der Waals surface area contributed by atoms with Crippen molar-refractivity contribution in [3.63, 3.8) is 0 Å². The van der Waals surface area contributed by atoms with Crippen molar-refractivity contribution in [2.45, 2.75) is 39.3 Å². The molecule has 0 aliphatic heterocycles. The van der Waals surface area contributed by atoms with E-state index in [4.69, 9.17) is 4.42 Å². The lowest BCUT2D eigenvalue weighted by Gasteiger charge is -2.31. The van der Waals surface area contributed by atoms with Gasteiger partial charge in [0.2, 0.25) is 0 Å². The van der Waals surface area contributed by atoms with Crippen LogP contribution in [0.5, 0.6) is 0 Å². The van der Waals surface area contributed by atoms with Crippen molar-refractivity contribution in [2.75, 3.05) is 13.1 Å². The molecule has 2 aromatic carbocycles. The number of carbonyl (C=O) groups is 2. The highest BCUT2D eigenvalue weighted by molar-refractivity contribution is 5.97. The van der Waals surface area contributed by atoms with Crippen LogP contribution in [0.2, 0.25) is 0 Å². The molecule has 8 nitrogen and oxygen atoms in total. The maximum Gasteiger partial charge on any atom is 0.404 e. The average Bonchev–Trinajstić information content (AvgIpc) is 3.11. The quantitative estimate of drug-likeness (QED) is 0.470. The molecule has 8 heteroatoms. The summed E-state index contributed by atoms with van der Waals surface area (Å²) in [7, 11) is 0. The van der Waals surface area contributed by atoms with Crippen LogP contribution in [-0.4, -0.2) is 57.3 Å². The van der Waals surface area contributed by atoms with E-state index in [1.54, 1.807) is 30.0 Å².